The van der Waals surface area contributed by atoms with Crippen LogP contribution >= 0.6 is 0 Å². The standard InChI is InChI=1S/C31H26FN3O3.C30H23FN2O4.C30H23FN2O3.C30H25FN2O2.CH5N/c1-31(2,23-10-5-4-6-11-23)35-28(36)21-9-7-8-20(16-21)22-17-25-26(29(37)33-3)27(38-30(25)34-18-22)19-12-14-24(32)15-13-19;1-30(2,22-9-4-3-5-10-22)33-27(34)20-8-6-7-19(15-20)21-16-24-25(29(35)36)26(37-28(24)32-17-21)18-11-13-23(31)14-12-18;1-30(2,23-9-4-3-5-10-23)33-28(35)21-8-6-7-20(15-21)22-16-25-26(18-34)27(36-29(25)32-17-22)19-11-13-24(31)14-12-19;1-19-26-17-23(18-32-29(26)35-27(19)20-12-14-25(31)15-13-20)21-8-7-9-22(16-21)28(34)33-30(2,3)24-10-5-4-6-11-24;1-2/h4-18H,1-3H3,(H,33,37)(H,35,36);3-17H,1-2H3,(H,33,34)(H,35,36);3-18H,1-2H3,(H,33,35);4-18H,1-3H3,(H,33,34);2H2,1H3. The molecule has 8 heterocycles. The summed E-state index contributed by atoms with van der Waals surface area (Å²) in [5.74, 6) is -2.41. The molecule has 0 spiro atoms. The summed E-state index contributed by atoms with van der Waals surface area (Å²) in [6.45, 7) is 17.6. The maximum atomic E-state index is 13.5. The zero-order chi connectivity index (χ0) is 105. The number of halogens is 4. The van der Waals surface area contributed by atoms with Crippen molar-refractivity contribution >= 4 is 86.2 Å². The van der Waals surface area contributed by atoms with Crippen LogP contribution in [0.4, 0.5) is 17.6 Å². The Hall–Kier alpha value is -18.4. The van der Waals surface area contributed by atoms with Gasteiger partial charge < -0.3 is 55.1 Å². The number of aromatic nitrogens is 4. The summed E-state index contributed by atoms with van der Waals surface area (Å²) in [6.07, 6.45) is 7.30. The summed E-state index contributed by atoms with van der Waals surface area (Å²) in [5.41, 5.74) is 19.5. The van der Waals surface area contributed by atoms with Crippen LogP contribution in [0.15, 0.2) is 382 Å². The lowest BCUT2D eigenvalue weighted by Gasteiger charge is -2.27. The summed E-state index contributed by atoms with van der Waals surface area (Å²) in [6, 6.07) is 98.6. The predicted molar refractivity (Wildman–Crippen MR) is 568 cm³/mol. The van der Waals surface area contributed by atoms with E-state index in [-0.39, 0.29) is 69.7 Å². The number of aldehydes is 1. The molecule has 0 aliphatic rings. The topological polar surface area (TPSA) is 330 Å². The Labute approximate surface area is 850 Å². The number of rotatable bonds is 23. The smallest absolute Gasteiger partial charge is 0.340 e. The van der Waals surface area contributed by atoms with Gasteiger partial charge in [-0.05, 0) is 284 Å². The third kappa shape index (κ3) is 23.1. The highest BCUT2D eigenvalue weighted by Gasteiger charge is 2.32. The van der Waals surface area contributed by atoms with E-state index in [1.54, 1.807) is 110 Å². The zero-order valence-electron chi connectivity index (χ0n) is 82.5. The first-order valence-corrected chi connectivity index (χ1v) is 47.3. The second-order valence-electron chi connectivity index (χ2n) is 37.0. The summed E-state index contributed by atoms with van der Waals surface area (Å²) >= 11 is 0. The number of nitrogens with zero attached hydrogens (tertiary/aromatic N) is 4. The molecular formula is C122H102F4N10O12. The molecule has 0 saturated heterocycles. The molecule has 12 aromatic carbocycles. The van der Waals surface area contributed by atoms with E-state index in [4.69, 9.17) is 17.7 Å². The first-order chi connectivity index (χ1) is 71.2. The van der Waals surface area contributed by atoms with Crippen molar-refractivity contribution in [2.75, 3.05) is 14.1 Å². The fraction of sp³-hybridized carbons (Fsp3) is 0.123. The molecule has 8 N–H and O–H groups in total. The molecule has 0 fully saturated rings. The summed E-state index contributed by atoms with van der Waals surface area (Å²) < 4.78 is 77.1. The lowest BCUT2D eigenvalue weighted by atomic mass is 9.93. The van der Waals surface area contributed by atoms with Crippen LogP contribution in [-0.4, -0.2) is 80.9 Å². The molecule has 20 aromatic rings. The molecule has 20 rings (SSSR count). The van der Waals surface area contributed by atoms with E-state index in [9.17, 15) is 56.2 Å². The first kappa shape index (κ1) is 102. The number of aromatic carboxylic acids is 1. The fourth-order valence-corrected chi connectivity index (χ4v) is 17.2. The summed E-state index contributed by atoms with van der Waals surface area (Å²) in [5, 5.41) is 27.2. The largest absolute Gasteiger partial charge is 0.478 e. The number of carboxylic acids is 1. The van der Waals surface area contributed by atoms with Gasteiger partial charge in [-0.25, -0.2) is 42.3 Å². The molecule has 148 heavy (non-hydrogen) atoms. The van der Waals surface area contributed by atoms with Gasteiger partial charge >= 0.3 is 5.97 Å². The van der Waals surface area contributed by atoms with Crippen LogP contribution in [0.5, 0.6) is 0 Å². The van der Waals surface area contributed by atoms with Gasteiger partial charge in [0.1, 0.15) is 46.1 Å². The number of carboxylic acid groups (broad SMARTS) is 1. The van der Waals surface area contributed by atoms with E-state index in [1.807, 2.05) is 256 Å². The highest BCUT2D eigenvalue weighted by atomic mass is 19.1. The Bertz CT molecular complexity index is 8300. The third-order valence-electron chi connectivity index (χ3n) is 25.2. The van der Waals surface area contributed by atoms with Gasteiger partial charge in [0.2, 0.25) is 22.9 Å². The van der Waals surface area contributed by atoms with E-state index >= 15 is 0 Å². The van der Waals surface area contributed by atoms with Crippen LogP contribution in [0.3, 0.4) is 0 Å². The number of hydrogen-bond acceptors (Lipinski definition) is 16. The number of nitrogens with one attached hydrogen (secondary N) is 5. The number of hydrogen-bond donors (Lipinski definition) is 7. The molecule has 22 nitrogen and oxygen atoms in total. The second kappa shape index (κ2) is 44.2. The van der Waals surface area contributed by atoms with Crippen molar-refractivity contribution in [1.29, 1.82) is 0 Å². The second-order valence-corrected chi connectivity index (χ2v) is 37.0. The molecule has 740 valence electrons. The highest BCUT2D eigenvalue weighted by Crippen LogP contribution is 2.42. The Kier molecular flexibility index (Phi) is 30.6. The number of pyridine rings is 4. The van der Waals surface area contributed by atoms with Crippen molar-refractivity contribution < 1.29 is 73.9 Å². The number of nitrogens with two attached hydrogens (primary N) is 1. The van der Waals surface area contributed by atoms with Crippen LogP contribution in [0.25, 0.3) is 134 Å². The van der Waals surface area contributed by atoms with E-state index in [0.29, 0.717) is 118 Å². The van der Waals surface area contributed by atoms with Crippen LogP contribution in [0, 0.1) is 30.2 Å². The van der Waals surface area contributed by atoms with Gasteiger partial charge in [0.25, 0.3) is 29.5 Å². The van der Waals surface area contributed by atoms with Crippen LogP contribution < -0.4 is 32.3 Å². The molecule has 5 amide bonds. The van der Waals surface area contributed by atoms with Gasteiger partial charge in [0.15, 0.2) is 12.0 Å². The van der Waals surface area contributed by atoms with Crippen molar-refractivity contribution in [2.24, 2.45) is 5.73 Å². The van der Waals surface area contributed by atoms with E-state index in [2.05, 4.69) is 52.3 Å². The average Bonchev–Trinajstić information content (AvgIpc) is 1.62. The number of carbonyl (C=O) groups is 7. The maximum Gasteiger partial charge on any atom is 0.340 e. The van der Waals surface area contributed by atoms with Crippen molar-refractivity contribution in [3.8, 4) is 89.8 Å². The molecule has 0 saturated carbocycles. The Balaban J connectivity index is 0.000000140. The number of furan rings is 4. The number of benzene rings is 12. The number of amides is 5. The monoisotopic (exact) mass is 1970 g/mol. The van der Waals surface area contributed by atoms with Crippen molar-refractivity contribution in [2.45, 2.75) is 84.5 Å². The van der Waals surface area contributed by atoms with Gasteiger partial charge in [0, 0.05) is 110 Å². The minimum Gasteiger partial charge on any atom is -0.478 e. The molecule has 0 unspecified atom stereocenters. The van der Waals surface area contributed by atoms with Gasteiger partial charge in [-0.2, -0.15) is 0 Å². The molecule has 8 aromatic heterocycles. The Morgan fingerprint density at radius 3 is 0.838 bits per heavy atom. The summed E-state index contributed by atoms with van der Waals surface area (Å²) in [7, 11) is 3.03. The molecular weight excluding hydrogens is 1870 g/mol. The van der Waals surface area contributed by atoms with Crippen molar-refractivity contribution in [3.63, 3.8) is 0 Å². The van der Waals surface area contributed by atoms with E-state index in [1.165, 1.54) is 74.8 Å². The van der Waals surface area contributed by atoms with Gasteiger partial charge in [0.05, 0.1) is 49.4 Å². The minimum absolute atomic E-state index is 0.0607. The molecule has 0 aliphatic carbocycles. The average molecular weight is 1980 g/mol. The molecule has 0 aliphatic heterocycles. The molecule has 0 radical (unpaired) electrons. The van der Waals surface area contributed by atoms with Crippen LogP contribution in [0.1, 0.15) is 156 Å². The predicted octanol–water partition coefficient (Wildman–Crippen LogP) is 26.6. The van der Waals surface area contributed by atoms with Crippen LogP contribution in [0.2, 0.25) is 0 Å². The SMILES string of the molecule is CC(C)(NC(=O)c1cccc(-c2cnc3oc(-c4ccc(F)cc4)c(C(=O)O)c3c2)c1)c1ccccc1.CC(C)(NC(=O)c1cccc(-c2cnc3oc(-c4ccc(F)cc4)c(C=O)c3c2)c1)c1ccccc1.CN.CNC(=O)c1c(-c2ccc(F)cc2)oc2ncc(-c3cccc(C(=O)NC(C)(C)c4ccccc4)c3)cc12.Cc1c(-c2ccc(F)cc2)oc2ncc(-c3cccc(C(=O)NC(C)(C)c4ccccc4)c3)cc12. The van der Waals surface area contributed by atoms with Gasteiger partial charge in [-0.15, -0.1) is 0 Å². The van der Waals surface area contributed by atoms with E-state index in [0.717, 1.165) is 66.6 Å². The van der Waals surface area contributed by atoms with E-state index < -0.39 is 33.9 Å². The maximum absolute atomic E-state index is 13.5. The quantitative estimate of drug-likeness (QED) is 0.0231. The normalized spacial score (nSPS) is 11.3. The van der Waals surface area contributed by atoms with Gasteiger partial charge in [-0.3, -0.25) is 28.8 Å². The zero-order valence-corrected chi connectivity index (χ0v) is 82.5. The Morgan fingerprint density at radius 1 is 0.291 bits per heavy atom. The minimum atomic E-state index is -1.19. The summed E-state index contributed by atoms with van der Waals surface area (Å²) in [4.78, 5) is 107. The number of aryl methyl sites for hydroxylation is 1. The van der Waals surface area contributed by atoms with Crippen LogP contribution in [-0.2, 0) is 22.2 Å². The fourth-order valence-electron chi connectivity index (χ4n) is 17.2. The first-order valence-electron chi connectivity index (χ1n) is 47.3. The molecule has 0 atom stereocenters. The Morgan fingerprint density at radius 2 is 0.541 bits per heavy atom. The van der Waals surface area contributed by atoms with Crippen molar-refractivity contribution in [1.82, 2.24) is 46.5 Å². The number of fused-ring (bicyclic) bond motifs is 4. The lowest BCUT2D eigenvalue weighted by molar-refractivity contribution is 0.0697. The molecule has 0 bridgehead atoms. The lowest BCUT2D eigenvalue weighted by Crippen LogP contribution is -2.40. The number of carbonyl (C=O) groups excluding carboxylic acids is 6. The van der Waals surface area contributed by atoms with Gasteiger partial charge in [-0.1, -0.05) is 170 Å². The van der Waals surface area contributed by atoms with Crippen molar-refractivity contribution in [3.05, 3.63) is 455 Å². The third-order valence-corrected chi connectivity index (χ3v) is 25.2. The molecule has 26 heteroatoms. The highest BCUT2D eigenvalue weighted by molar-refractivity contribution is 6.12.